The van der Waals surface area contributed by atoms with E-state index in [9.17, 15) is 9.59 Å². The SMILES string of the molecule is COc1cc(C=CC(=O)Oc2ccc(CCO)cc2)cc(OC)c1OC(C)=O. The summed E-state index contributed by atoms with van der Waals surface area (Å²) in [5.74, 6) is 0.0892. The summed E-state index contributed by atoms with van der Waals surface area (Å²) in [4.78, 5) is 23.3. The van der Waals surface area contributed by atoms with Crippen molar-refractivity contribution < 1.29 is 33.6 Å². The summed E-state index contributed by atoms with van der Waals surface area (Å²) in [5, 5.41) is 8.91. The normalized spacial score (nSPS) is 10.6. The van der Waals surface area contributed by atoms with Gasteiger partial charge in [-0.15, -0.1) is 0 Å². The Labute approximate surface area is 163 Å². The number of hydrogen-bond donors (Lipinski definition) is 1. The van der Waals surface area contributed by atoms with Crippen molar-refractivity contribution >= 4 is 18.0 Å². The zero-order chi connectivity index (χ0) is 20.5. The highest BCUT2D eigenvalue weighted by molar-refractivity contribution is 5.89. The minimum absolute atomic E-state index is 0.0606. The van der Waals surface area contributed by atoms with Crippen molar-refractivity contribution in [3.8, 4) is 23.0 Å². The van der Waals surface area contributed by atoms with Crippen LogP contribution in [0.25, 0.3) is 6.08 Å². The van der Waals surface area contributed by atoms with Gasteiger partial charge < -0.3 is 24.1 Å². The fraction of sp³-hybridized carbons (Fsp3) is 0.238. The lowest BCUT2D eigenvalue weighted by Gasteiger charge is -2.13. The van der Waals surface area contributed by atoms with Crippen LogP contribution in [0.2, 0.25) is 0 Å². The Bertz CT molecular complexity index is 829. The van der Waals surface area contributed by atoms with E-state index < -0.39 is 11.9 Å². The number of hydrogen-bond acceptors (Lipinski definition) is 7. The molecule has 0 saturated carbocycles. The molecule has 148 valence electrons. The summed E-state index contributed by atoms with van der Waals surface area (Å²) in [5.41, 5.74) is 1.55. The van der Waals surface area contributed by atoms with Crippen LogP contribution in [-0.4, -0.2) is 37.9 Å². The van der Waals surface area contributed by atoms with Crippen molar-refractivity contribution in [2.24, 2.45) is 0 Å². The summed E-state index contributed by atoms with van der Waals surface area (Å²) >= 11 is 0. The Balaban J connectivity index is 2.13. The molecule has 0 bridgehead atoms. The molecule has 0 amide bonds. The molecule has 0 saturated heterocycles. The van der Waals surface area contributed by atoms with Gasteiger partial charge in [0.2, 0.25) is 5.75 Å². The van der Waals surface area contributed by atoms with E-state index in [0.717, 1.165) is 5.56 Å². The van der Waals surface area contributed by atoms with Gasteiger partial charge in [0.1, 0.15) is 5.75 Å². The highest BCUT2D eigenvalue weighted by atomic mass is 16.6. The van der Waals surface area contributed by atoms with Crippen molar-refractivity contribution in [3.05, 3.63) is 53.6 Å². The number of aliphatic hydroxyl groups excluding tert-OH is 1. The zero-order valence-electron chi connectivity index (χ0n) is 15.9. The van der Waals surface area contributed by atoms with Crippen molar-refractivity contribution in [2.45, 2.75) is 13.3 Å². The number of ether oxygens (including phenoxy) is 4. The van der Waals surface area contributed by atoms with Gasteiger partial charge in [-0.1, -0.05) is 12.1 Å². The molecule has 28 heavy (non-hydrogen) atoms. The summed E-state index contributed by atoms with van der Waals surface area (Å²) in [7, 11) is 2.87. The molecule has 0 heterocycles. The lowest BCUT2D eigenvalue weighted by molar-refractivity contribution is -0.132. The molecule has 0 unspecified atom stereocenters. The number of carbonyl (C=O) groups excluding carboxylic acids is 2. The number of rotatable bonds is 8. The molecule has 0 spiro atoms. The predicted molar refractivity (Wildman–Crippen MR) is 103 cm³/mol. The maximum absolute atomic E-state index is 12.0. The fourth-order valence-corrected chi connectivity index (χ4v) is 2.41. The summed E-state index contributed by atoms with van der Waals surface area (Å²) < 4.78 is 20.8. The minimum atomic E-state index is -0.558. The molecule has 0 radical (unpaired) electrons. The largest absolute Gasteiger partial charge is 0.493 e. The van der Waals surface area contributed by atoms with Gasteiger partial charge in [-0.2, -0.15) is 0 Å². The molecule has 2 aromatic carbocycles. The third-order valence-electron chi connectivity index (χ3n) is 3.68. The van der Waals surface area contributed by atoms with Gasteiger partial charge in [0.15, 0.2) is 11.5 Å². The van der Waals surface area contributed by atoms with Gasteiger partial charge in [-0.3, -0.25) is 4.79 Å². The fourth-order valence-electron chi connectivity index (χ4n) is 2.41. The number of aliphatic hydroxyl groups is 1. The highest BCUT2D eigenvalue weighted by Gasteiger charge is 2.15. The average Bonchev–Trinajstić information content (AvgIpc) is 2.68. The first-order chi connectivity index (χ1) is 13.5. The lowest BCUT2D eigenvalue weighted by Crippen LogP contribution is -2.05. The van der Waals surface area contributed by atoms with E-state index in [0.29, 0.717) is 29.2 Å². The van der Waals surface area contributed by atoms with Gasteiger partial charge in [0.25, 0.3) is 0 Å². The van der Waals surface area contributed by atoms with E-state index in [-0.39, 0.29) is 12.4 Å². The van der Waals surface area contributed by atoms with Crippen molar-refractivity contribution in [3.63, 3.8) is 0 Å². The Hall–Kier alpha value is -3.32. The molecule has 0 aliphatic rings. The number of esters is 2. The van der Waals surface area contributed by atoms with E-state index in [1.165, 1.54) is 33.3 Å². The van der Waals surface area contributed by atoms with Crippen molar-refractivity contribution in [1.29, 1.82) is 0 Å². The number of methoxy groups -OCH3 is 2. The molecule has 7 nitrogen and oxygen atoms in total. The monoisotopic (exact) mass is 386 g/mol. The molecule has 2 rings (SSSR count). The quantitative estimate of drug-likeness (QED) is 0.424. The molecular weight excluding hydrogens is 364 g/mol. The second-order valence-electron chi connectivity index (χ2n) is 5.72. The summed E-state index contributed by atoms with van der Waals surface area (Å²) in [6.07, 6.45) is 3.34. The van der Waals surface area contributed by atoms with Crippen molar-refractivity contribution in [2.75, 3.05) is 20.8 Å². The third-order valence-corrected chi connectivity index (χ3v) is 3.68. The Kier molecular flexibility index (Phi) is 7.59. The van der Waals surface area contributed by atoms with Crippen LogP contribution in [0.15, 0.2) is 42.5 Å². The zero-order valence-corrected chi connectivity index (χ0v) is 15.9. The second kappa shape index (κ2) is 10.1. The molecule has 0 atom stereocenters. The van der Waals surface area contributed by atoms with Crippen LogP contribution in [-0.2, 0) is 16.0 Å². The Morgan fingerprint density at radius 2 is 1.61 bits per heavy atom. The van der Waals surface area contributed by atoms with Gasteiger partial charge in [0.05, 0.1) is 14.2 Å². The van der Waals surface area contributed by atoms with Gasteiger partial charge >= 0.3 is 11.9 Å². The topological polar surface area (TPSA) is 91.3 Å². The minimum Gasteiger partial charge on any atom is -0.493 e. The Morgan fingerprint density at radius 1 is 1.00 bits per heavy atom. The first-order valence-electron chi connectivity index (χ1n) is 8.51. The molecular formula is C21H22O7. The second-order valence-corrected chi connectivity index (χ2v) is 5.72. The number of carbonyl (C=O) groups is 2. The van der Waals surface area contributed by atoms with E-state index in [2.05, 4.69) is 0 Å². The van der Waals surface area contributed by atoms with E-state index in [4.69, 9.17) is 24.1 Å². The molecule has 7 heteroatoms. The molecule has 2 aromatic rings. The predicted octanol–water partition coefficient (Wildman–Crippen LogP) is 2.78. The van der Waals surface area contributed by atoms with Crippen LogP contribution in [0.4, 0.5) is 0 Å². The maximum Gasteiger partial charge on any atom is 0.336 e. The Morgan fingerprint density at radius 3 is 2.11 bits per heavy atom. The van der Waals surface area contributed by atoms with Crippen LogP contribution in [0.3, 0.4) is 0 Å². The standard InChI is InChI=1S/C21H22O7/c1-14(23)27-21-18(25-2)12-16(13-19(21)26-3)6-9-20(24)28-17-7-4-15(5-8-17)10-11-22/h4-9,12-13,22H,10-11H2,1-3H3. The average molecular weight is 386 g/mol. The molecule has 0 aliphatic heterocycles. The smallest absolute Gasteiger partial charge is 0.336 e. The van der Waals surface area contributed by atoms with Crippen LogP contribution < -0.4 is 18.9 Å². The van der Waals surface area contributed by atoms with Gasteiger partial charge in [-0.05, 0) is 47.9 Å². The highest BCUT2D eigenvalue weighted by Crippen LogP contribution is 2.39. The van der Waals surface area contributed by atoms with Crippen molar-refractivity contribution in [1.82, 2.24) is 0 Å². The van der Waals surface area contributed by atoms with Crippen LogP contribution in [0, 0.1) is 0 Å². The summed E-state index contributed by atoms with van der Waals surface area (Å²) in [6.45, 7) is 1.34. The van der Waals surface area contributed by atoms with E-state index in [1.807, 2.05) is 0 Å². The molecule has 0 aliphatic carbocycles. The third kappa shape index (κ3) is 5.85. The molecule has 0 aromatic heterocycles. The number of benzene rings is 2. The lowest BCUT2D eigenvalue weighted by atomic mass is 10.1. The van der Waals surface area contributed by atoms with E-state index >= 15 is 0 Å². The van der Waals surface area contributed by atoms with Crippen LogP contribution >= 0.6 is 0 Å². The first kappa shape index (κ1) is 21.0. The van der Waals surface area contributed by atoms with Crippen LogP contribution in [0.1, 0.15) is 18.1 Å². The molecule has 0 fully saturated rings. The first-order valence-corrected chi connectivity index (χ1v) is 8.51. The van der Waals surface area contributed by atoms with Gasteiger partial charge in [0, 0.05) is 19.6 Å². The van der Waals surface area contributed by atoms with Crippen LogP contribution in [0.5, 0.6) is 23.0 Å². The summed E-state index contributed by atoms with van der Waals surface area (Å²) in [6, 6.07) is 10.1. The van der Waals surface area contributed by atoms with E-state index in [1.54, 1.807) is 36.4 Å². The molecule has 1 N–H and O–H groups in total. The van der Waals surface area contributed by atoms with Gasteiger partial charge in [-0.25, -0.2) is 4.79 Å². The maximum atomic E-state index is 12.0.